The highest BCUT2D eigenvalue weighted by molar-refractivity contribution is 9.11. The van der Waals surface area contributed by atoms with Gasteiger partial charge < -0.3 is 15.7 Å². The summed E-state index contributed by atoms with van der Waals surface area (Å²) in [4.78, 5) is 14.2. The molecule has 21 heavy (non-hydrogen) atoms. The number of rotatable bonds is 4. The molecule has 0 radical (unpaired) electrons. The molecule has 0 unspecified atom stereocenters. The lowest BCUT2D eigenvalue weighted by atomic mass is 10.1. The van der Waals surface area contributed by atoms with Gasteiger partial charge in [0.2, 0.25) is 0 Å². The van der Waals surface area contributed by atoms with Crippen molar-refractivity contribution >= 4 is 49.1 Å². The molecule has 0 saturated heterocycles. The fraction of sp³-hybridized carbons (Fsp3) is 0.133. The molecule has 0 spiro atoms. The van der Waals surface area contributed by atoms with E-state index in [-0.39, 0.29) is 19.1 Å². The molecule has 110 valence electrons. The Bertz CT molecular complexity index is 662. The zero-order valence-electron chi connectivity index (χ0n) is 11.1. The number of carbonyl (C=O) groups excluding carboxylic acids is 1. The molecular formula is C15H14Br2N2O2. The number of nitrogens with zero attached hydrogens (tertiary/aromatic N) is 1. The molecule has 2 rings (SSSR count). The van der Waals surface area contributed by atoms with E-state index in [9.17, 15) is 9.90 Å². The Morgan fingerprint density at radius 1 is 1.19 bits per heavy atom. The molecule has 0 aliphatic heterocycles. The number of hydrogen-bond acceptors (Lipinski definition) is 3. The second kappa shape index (κ2) is 7.06. The summed E-state index contributed by atoms with van der Waals surface area (Å²) >= 11 is 6.74. The summed E-state index contributed by atoms with van der Waals surface area (Å²) in [6.07, 6.45) is 0. The number of nitrogens with two attached hydrogens (primary N) is 1. The highest BCUT2D eigenvalue weighted by atomic mass is 79.9. The normalized spacial score (nSPS) is 10.4. The smallest absolute Gasteiger partial charge is 0.259 e. The molecule has 4 nitrogen and oxygen atoms in total. The molecule has 0 atom stereocenters. The van der Waals surface area contributed by atoms with Gasteiger partial charge in [0.1, 0.15) is 0 Å². The maximum Gasteiger partial charge on any atom is 0.259 e. The van der Waals surface area contributed by atoms with Gasteiger partial charge in [0.15, 0.2) is 0 Å². The predicted molar refractivity (Wildman–Crippen MR) is 91.5 cm³/mol. The standard InChI is InChI=1S/C15H14Br2N2O2/c16-10-5-6-11(12(17)9-10)15(21)19(7-8-20)14-4-2-1-3-13(14)18/h1-6,9,20H,7-8,18H2. The van der Waals surface area contributed by atoms with Gasteiger partial charge >= 0.3 is 0 Å². The Balaban J connectivity index is 2.43. The molecule has 1 amide bonds. The summed E-state index contributed by atoms with van der Waals surface area (Å²) in [6, 6.07) is 12.4. The van der Waals surface area contributed by atoms with Gasteiger partial charge in [-0.15, -0.1) is 0 Å². The third-order valence-electron chi connectivity index (χ3n) is 2.96. The average Bonchev–Trinajstić information content (AvgIpc) is 2.45. The second-order valence-corrected chi connectivity index (χ2v) is 6.13. The van der Waals surface area contributed by atoms with E-state index in [1.807, 2.05) is 0 Å². The summed E-state index contributed by atoms with van der Waals surface area (Å²) in [5.74, 6) is -0.221. The molecule has 2 aromatic rings. The van der Waals surface area contributed by atoms with E-state index in [0.29, 0.717) is 21.4 Å². The summed E-state index contributed by atoms with van der Waals surface area (Å²) < 4.78 is 1.55. The summed E-state index contributed by atoms with van der Waals surface area (Å²) in [7, 11) is 0. The molecule has 0 heterocycles. The quantitative estimate of drug-likeness (QED) is 0.754. The maximum absolute atomic E-state index is 12.7. The first-order valence-electron chi connectivity index (χ1n) is 6.27. The molecule has 3 N–H and O–H groups in total. The van der Waals surface area contributed by atoms with Gasteiger partial charge in [-0.05, 0) is 46.3 Å². The zero-order chi connectivity index (χ0) is 15.4. The molecular weight excluding hydrogens is 400 g/mol. The minimum absolute atomic E-state index is 0.145. The van der Waals surface area contributed by atoms with Crippen LogP contribution in [-0.2, 0) is 0 Å². The SMILES string of the molecule is Nc1ccccc1N(CCO)C(=O)c1ccc(Br)cc1Br. The Morgan fingerprint density at radius 3 is 2.52 bits per heavy atom. The predicted octanol–water partition coefficient (Wildman–Crippen LogP) is 3.43. The molecule has 6 heteroatoms. The monoisotopic (exact) mass is 412 g/mol. The van der Waals surface area contributed by atoms with Crippen LogP contribution >= 0.6 is 31.9 Å². The summed E-state index contributed by atoms with van der Waals surface area (Å²) in [5, 5.41) is 9.24. The van der Waals surface area contributed by atoms with E-state index in [4.69, 9.17) is 5.73 Å². The molecule has 0 aliphatic carbocycles. The van der Waals surface area contributed by atoms with Crippen molar-refractivity contribution in [1.29, 1.82) is 0 Å². The number of halogens is 2. The van der Waals surface area contributed by atoms with Gasteiger partial charge in [-0.2, -0.15) is 0 Å². The van der Waals surface area contributed by atoms with Gasteiger partial charge in [-0.25, -0.2) is 0 Å². The Labute approximate surface area is 139 Å². The average molecular weight is 414 g/mol. The molecule has 0 fully saturated rings. The minimum atomic E-state index is -0.221. The molecule has 0 bridgehead atoms. The fourth-order valence-corrected chi connectivity index (χ4v) is 3.19. The number of benzene rings is 2. The number of amides is 1. The number of aliphatic hydroxyl groups is 1. The van der Waals surface area contributed by atoms with Crippen molar-refractivity contribution in [3.8, 4) is 0 Å². The third-order valence-corrected chi connectivity index (χ3v) is 4.11. The van der Waals surface area contributed by atoms with Crippen LogP contribution in [0.3, 0.4) is 0 Å². The zero-order valence-corrected chi connectivity index (χ0v) is 14.3. The van der Waals surface area contributed by atoms with Crippen molar-refractivity contribution in [2.45, 2.75) is 0 Å². The van der Waals surface area contributed by atoms with E-state index < -0.39 is 0 Å². The fourth-order valence-electron chi connectivity index (χ4n) is 1.97. The van der Waals surface area contributed by atoms with Crippen LogP contribution in [0.15, 0.2) is 51.4 Å². The number of hydrogen-bond donors (Lipinski definition) is 2. The Kier molecular flexibility index (Phi) is 5.39. The molecule has 0 aromatic heterocycles. The van der Waals surface area contributed by atoms with Crippen LogP contribution in [0.2, 0.25) is 0 Å². The highest BCUT2D eigenvalue weighted by Crippen LogP contribution is 2.28. The van der Waals surface area contributed by atoms with Crippen molar-refractivity contribution in [3.05, 3.63) is 57.0 Å². The van der Waals surface area contributed by atoms with Crippen LogP contribution in [0.4, 0.5) is 11.4 Å². The lowest BCUT2D eigenvalue weighted by Crippen LogP contribution is -2.34. The van der Waals surface area contributed by atoms with Gasteiger partial charge in [-0.1, -0.05) is 28.1 Å². The summed E-state index contributed by atoms with van der Waals surface area (Å²) in [5.41, 5.74) is 7.53. The van der Waals surface area contributed by atoms with Crippen LogP contribution in [0, 0.1) is 0 Å². The number of para-hydroxylation sites is 2. The first-order chi connectivity index (χ1) is 10.0. The number of aliphatic hydroxyl groups excluding tert-OH is 1. The van der Waals surface area contributed by atoms with E-state index in [2.05, 4.69) is 31.9 Å². The van der Waals surface area contributed by atoms with Crippen LogP contribution < -0.4 is 10.6 Å². The van der Waals surface area contributed by atoms with Crippen molar-refractivity contribution < 1.29 is 9.90 Å². The molecule has 0 saturated carbocycles. The Hall–Kier alpha value is -1.37. The topological polar surface area (TPSA) is 66.6 Å². The van der Waals surface area contributed by atoms with E-state index in [1.165, 1.54) is 4.90 Å². The van der Waals surface area contributed by atoms with E-state index in [0.717, 1.165) is 4.47 Å². The number of carbonyl (C=O) groups is 1. The van der Waals surface area contributed by atoms with Crippen LogP contribution in [0.25, 0.3) is 0 Å². The van der Waals surface area contributed by atoms with Crippen LogP contribution in [0.5, 0.6) is 0 Å². The van der Waals surface area contributed by atoms with Crippen LogP contribution in [-0.4, -0.2) is 24.2 Å². The van der Waals surface area contributed by atoms with Crippen LogP contribution in [0.1, 0.15) is 10.4 Å². The second-order valence-electron chi connectivity index (χ2n) is 4.36. The maximum atomic E-state index is 12.7. The molecule has 0 aliphatic rings. The molecule has 2 aromatic carbocycles. The lowest BCUT2D eigenvalue weighted by Gasteiger charge is -2.24. The number of anilines is 2. The van der Waals surface area contributed by atoms with Gasteiger partial charge in [-0.3, -0.25) is 4.79 Å². The van der Waals surface area contributed by atoms with Crippen molar-refractivity contribution in [1.82, 2.24) is 0 Å². The lowest BCUT2D eigenvalue weighted by molar-refractivity contribution is 0.0980. The van der Waals surface area contributed by atoms with E-state index >= 15 is 0 Å². The first-order valence-corrected chi connectivity index (χ1v) is 7.85. The third kappa shape index (κ3) is 3.64. The van der Waals surface area contributed by atoms with Gasteiger partial charge in [0.05, 0.1) is 23.5 Å². The van der Waals surface area contributed by atoms with Crippen molar-refractivity contribution in [2.24, 2.45) is 0 Å². The highest BCUT2D eigenvalue weighted by Gasteiger charge is 2.21. The minimum Gasteiger partial charge on any atom is -0.397 e. The van der Waals surface area contributed by atoms with Gasteiger partial charge in [0.25, 0.3) is 5.91 Å². The first kappa shape index (κ1) is 16.0. The van der Waals surface area contributed by atoms with Gasteiger partial charge in [0, 0.05) is 15.5 Å². The van der Waals surface area contributed by atoms with Crippen molar-refractivity contribution in [2.75, 3.05) is 23.8 Å². The Morgan fingerprint density at radius 2 is 1.90 bits per heavy atom. The largest absolute Gasteiger partial charge is 0.397 e. The number of nitrogen functional groups attached to an aromatic ring is 1. The van der Waals surface area contributed by atoms with E-state index in [1.54, 1.807) is 42.5 Å². The van der Waals surface area contributed by atoms with Crippen molar-refractivity contribution in [3.63, 3.8) is 0 Å². The summed E-state index contributed by atoms with van der Waals surface area (Å²) in [6.45, 7) is 0.0315.